The summed E-state index contributed by atoms with van der Waals surface area (Å²) in [6, 6.07) is 36.3. The maximum absolute atomic E-state index is 13.8. The van der Waals surface area contributed by atoms with Gasteiger partial charge in [0.25, 0.3) is 5.78 Å². The van der Waals surface area contributed by atoms with Crippen molar-refractivity contribution in [1.82, 2.24) is 10.2 Å². The molecule has 1 amide bonds. The molecule has 1 aromatic heterocycles. The number of aromatic nitrogens is 2. The molecule has 0 spiro atoms. The molecule has 2 heterocycles. The highest BCUT2D eigenvalue weighted by atomic mass is 32.2. The van der Waals surface area contributed by atoms with Gasteiger partial charge in [-0.25, -0.2) is 0 Å². The summed E-state index contributed by atoms with van der Waals surface area (Å²) in [6.45, 7) is 6.65. The van der Waals surface area contributed by atoms with Gasteiger partial charge in [0, 0.05) is 11.3 Å². The number of ether oxygens (including phenoxy) is 1. The summed E-state index contributed by atoms with van der Waals surface area (Å²) < 4.78 is 6.67. The van der Waals surface area contributed by atoms with Crippen LogP contribution >= 0.6 is 23.1 Å². The van der Waals surface area contributed by atoms with Crippen LogP contribution in [0.1, 0.15) is 59.2 Å². The maximum Gasteiger partial charge on any atom is 0.301 e. The average Bonchev–Trinajstić information content (AvgIpc) is 3.71. The van der Waals surface area contributed by atoms with Gasteiger partial charge in [0.15, 0.2) is 4.34 Å². The van der Waals surface area contributed by atoms with E-state index in [1.807, 2.05) is 73.7 Å². The highest BCUT2D eigenvalue weighted by Gasteiger charge is 2.48. The van der Waals surface area contributed by atoms with Crippen LogP contribution in [0.4, 0.5) is 5.13 Å². The molecule has 7 nitrogen and oxygen atoms in total. The summed E-state index contributed by atoms with van der Waals surface area (Å²) in [5.41, 5.74) is 5.60. The Morgan fingerprint density at radius 3 is 2.32 bits per heavy atom. The third-order valence-corrected chi connectivity index (χ3v) is 11.1. The van der Waals surface area contributed by atoms with Gasteiger partial charge in [-0.15, -0.1) is 10.2 Å². The molecular formula is C41H35N3O4S2. The Bertz CT molecular complexity index is 2220. The molecule has 1 unspecified atom stereocenters. The van der Waals surface area contributed by atoms with Gasteiger partial charge in [-0.2, -0.15) is 0 Å². The molecular weight excluding hydrogens is 663 g/mol. The smallest absolute Gasteiger partial charge is 0.301 e. The van der Waals surface area contributed by atoms with E-state index in [1.54, 1.807) is 24.3 Å². The van der Waals surface area contributed by atoms with E-state index >= 15 is 0 Å². The lowest BCUT2D eigenvalue weighted by Crippen LogP contribution is -2.29. The molecule has 1 saturated heterocycles. The number of carbonyl (C=O) groups is 2. The van der Waals surface area contributed by atoms with E-state index in [2.05, 4.69) is 48.3 Å². The molecule has 1 atom stereocenters. The SMILES string of the molecule is Cc1ccccc1COc1ccc(C(O)=C2C(=O)C(=O)N(c3nnc(SCc4cccc5ccccc45)s3)C2c2ccc(C(C)C)cc2)cc1. The number of amides is 1. The van der Waals surface area contributed by atoms with Gasteiger partial charge in [0.2, 0.25) is 5.13 Å². The molecule has 7 rings (SSSR count). The van der Waals surface area contributed by atoms with Crippen molar-refractivity contribution in [3.8, 4) is 5.75 Å². The fourth-order valence-electron chi connectivity index (χ4n) is 6.12. The molecule has 50 heavy (non-hydrogen) atoms. The molecule has 9 heteroatoms. The van der Waals surface area contributed by atoms with E-state index in [0.717, 1.165) is 16.7 Å². The Kier molecular flexibility index (Phi) is 9.52. The first-order chi connectivity index (χ1) is 24.3. The topological polar surface area (TPSA) is 92.6 Å². The third-order valence-electron chi connectivity index (χ3n) is 8.98. The van der Waals surface area contributed by atoms with E-state index in [0.29, 0.717) is 44.6 Å². The highest BCUT2D eigenvalue weighted by Crippen LogP contribution is 2.44. The molecule has 1 N–H and O–H groups in total. The van der Waals surface area contributed by atoms with E-state index in [4.69, 9.17) is 4.74 Å². The van der Waals surface area contributed by atoms with Crippen molar-refractivity contribution in [2.24, 2.45) is 0 Å². The van der Waals surface area contributed by atoms with Crippen molar-refractivity contribution in [3.05, 3.63) is 154 Å². The minimum atomic E-state index is -0.892. The van der Waals surface area contributed by atoms with Gasteiger partial charge in [0.1, 0.15) is 18.1 Å². The molecule has 1 fully saturated rings. The summed E-state index contributed by atoms with van der Waals surface area (Å²) in [5.74, 6) is -0.214. The van der Waals surface area contributed by atoms with Gasteiger partial charge in [0.05, 0.1) is 11.6 Å². The second-order valence-electron chi connectivity index (χ2n) is 12.5. The number of benzene rings is 5. The predicted molar refractivity (Wildman–Crippen MR) is 201 cm³/mol. The monoisotopic (exact) mass is 697 g/mol. The number of fused-ring (bicyclic) bond motifs is 1. The van der Waals surface area contributed by atoms with Crippen LogP contribution in [0.3, 0.4) is 0 Å². The minimum Gasteiger partial charge on any atom is -0.507 e. The number of nitrogens with zero attached hydrogens (tertiary/aromatic N) is 3. The zero-order chi connectivity index (χ0) is 34.8. The molecule has 0 saturated carbocycles. The van der Waals surface area contributed by atoms with E-state index in [-0.39, 0.29) is 11.3 Å². The van der Waals surface area contributed by atoms with Crippen LogP contribution in [0.25, 0.3) is 16.5 Å². The van der Waals surface area contributed by atoms with E-state index < -0.39 is 17.7 Å². The third kappa shape index (κ3) is 6.66. The zero-order valence-electron chi connectivity index (χ0n) is 27.9. The van der Waals surface area contributed by atoms with Crippen LogP contribution in [0.5, 0.6) is 5.75 Å². The fraction of sp³-hybridized carbons (Fsp3) is 0.171. The Labute approximate surface area is 299 Å². The lowest BCUT2D eigenvalue weighted by molar-refractivity contribution is -0.132. The summed E-state index contributed by atoms with van der Waals surface area (Å²) in [6.07, 6.45) is 0. The molecule has 1 aliphatic heterocycles. The molecule has 0 bridgehead atoms. The van der Waals surface area contributed by atoms with Crippen molar-refractivity contribution in [1.29, 1.82) is 0 Å². The number of Topliss-reactive ketones (excluding diaryl/α,β-unsaturated/α-hetero) is 1. The molecule has 5 aromatic carbocycles. The number of aryl methyl sites for hydroxylation is 1. The van der Waals surface area contributed by atoms with Gasteiger partial charge in [-0.05, 0) is 75.7 Å². The first-order valence-electron chi connectivity index (χ1n) is 16.4. The number of carbonyl (C=O) groups excluding carboxylic acids is 2. The van der Waals surface area contributed by atoms with Crippen LogP contribution in [0.15, 0.2) is 125 Å². The standard InChI is InChI=1S/C41H35N3O4S2/c1-25(2)27-15-17-29(18-16-27)36-35(37(45)30-19-21-33(22-20-30)48-23-31-11-5-4-9-26(31)3)38(46)39(47)44(36)40-42-43-41(50-40)49-24-32-13-8-12-28-10-6-7-14-34(28)32/h4-22,25,36,45H,23-24H2,1-3H3. The Balaban J connectivity index is 1.19. The van der Waals surface area contributed by atoms with Crippen molar-refractivity contribution >= 4 is 56.5 Å². The van der Waals surface area contributed by atoms with Gasteiger partial charge in [-0.1, -0.05) is 128 Å². The normalized spacial score (nSPS) is 15.7. The second kappa shape index (κ2) is 14.3. The molecule has 0 radical (unpaired) electrons. The Morgan fingerprint density at radius 2 is 1.56 bits per heavy atom. The second-order valence-corrected chi connectivity index (χ2v) is 14.7. The first-order valence-corrected chi connectivity index (χ1v) is 18.2. The number of rotatable bonds is 10. The summed E-state index contributed by atoms with van der Waals surface area (Å²) >= 11 is 2.79. The molecule has 0 aliphatic carbocycles. The lowest BCUT2D eigenvalue weighted by atomic mass is 9.93. The number of hydrogen-bond acceptors (Lipinski definition) is 8. The number of thioether (sulfide) groups is 1. The van der Waals surface area contributed by atoms with Crippen LogP contribution in [0.2, 0.25) is 0 Å². The molecule has 1 aliphatic rings. The number of aliphatic hydroxyl groups is 1. The Hall–Kier alpha value is -5.25. The summed E-state index contributed by atoms with van der Waals surface area (Å²) in [5, 5.41) is 23.1. The van der Waals surface area contributed by atoms with Crippen LogP contribution in [-0.4, -0.2) is 27.0 Å². The van der Waals surface area contributed by atoms with E-state index in [1.165, 1.54) is 44.3 Å². The van der Waals surface area contributed by atoms with Gasteiger partial charge in [-0.3, -0.25) is 14.5 Å². The fourth-order valence-corrected chi connectivity index (χ4v) is 7.99. The number of hydrogen-bond donors (Lipinski definition) is 1. The number of ketones is 1. The quantitative estimate of drug-likeness (QED) is 0.0501. The number of anilines is 1. The van der Waals surface area contributed by atoms with Gasteiger partial charge < -0.3 is 9.84 Å². The van der Waals surface area contributed by atoms with Crippen LogP contribution in [0, 0.1) is 6.92 Å². The predicted octanol–water partition coefficient (Wildman–Crippen LogP) is 9.62. The van der Waals surface area contributed by atoms with Crippen LogP contribution < -0.4 is 9.64 Å². The zero-order valence-corrected chi connectivity index (χ0v) is 29.5. The van der Waals surface area contributed by atoms with E-state index in [9.17, 15) is 14.7 Å². The lowest BCUT2D eigenvalue weighted by Gasteiger charge is -2.23. The van der Waals surface area contributed by atoms with Crippen molar-refractivity contribution in [3.63, 3.8) is 0 Å². The highest BCUT2D eigenvalue weighted by molar-refractivity contribution is 8.00. The van der Waals surface area contributed by atoms with Crippen LogP contribution in [-0.2, 0) is 21.9 Å². The summed E-state index contributed by atoms with van der Waals surface area (Å²) in [7, 11) is 0. The largest absolute Gasteiger partial charge is 0.507 e. The van der Waals surface area contributed by atoms with Crippen molar-refractivity contribution in [2.45, 2.75) is 49.4 Å². The van der Waals surface area contributed by atoms with Crippen molar-refractivity contribution in [2.75, 3.05) is 4.90 Å². The summed E-state index contributed by atoms with van der Waals surface area (Å²) in [4.78, 5) is 28.9. The Morgan fingerprint density at radius 1 is 0.860 bits per heavy atom. The number of aliphatic hydroxyl groups excluding tert-OH is 1. The van der Waals surface area contributed by atoms with Gasteiger partial charge >= 0.3 is 5.91 Å². The molecule has 250 valence electrons. The molecule has 6 aromatic rings. The van der Waals surface area contributed by atoms with Crippen molar-refractivity contribution < 1.29 is 19.4 Å². The minimum absolute atomic E-state index is 0.000957. The maximum atomic E-state index is 13.8. The average molecular weight is 698 g/mol. The first kappa shape index (κ1) is 33.3.